The molecule has 0 amide bonds. The number of halogens is 2. The van der Waals surface area contributed by atoms with E-state index in [0.717, 1.165) is 6.07 Å². The smallest absolute Gasteiger partial charge is 0.344 e. The molecule has 1 atom stereocenters. The molecule has 1 N–H and O–H groups in total. The van der Waals surface area contributed by atoms with Crippen LogP contribution in [0, 0.1) is 15.9 Å². The van der Waals surface area contributed by atoms with Crippen molar-refractivity contribution in [1.82, 2.24) is 0 Å². The number of nitro benzene ring substituents is 1. The van der Waals surface area contributed by atoms with E-state index in [1.807, 2.05) is 0 Å². The van der Waals surface area contributed by atoms with Crippen LogP contribution in [0.4, 0.5) is 10.1 Å². The van der Waals surface area contributed by atoms with E-state index < -0.39 is 28.5 Å². The lowest BCUT2D eigenvalue weighted by atomic mass is 10.3. The number of nitrogens with zero attached hydrogens (tertiary/aromatic N) is 1. The van der Waals surface area contributed by atoms with Gasteiger partial charge in [-0.2, -0.15) is 4.39 Å². The van der Waals surface area contributed by atoms with E-state index in [2.05, 4.69) is 0 Å². The van der Waals surface area contributed by atoms with Crippen LogP contribution in [0.15, 0.2) is 12.1 Å². The van der Waals surface area contributed by atoms with Gasteiger partial charge in [-0.3, -0.25) is 10.1 Å². The first kappa shape index (κ1) is 13.2. The second-order valence-corrected chi connectivity index (χ2v) is 3.50. The van der Waals surface area contributed by atoms with Crippen LogP contribution < -0.4 is 4.74 Å². The zero-order chi connectivity index (χ0) is 13.2. The standard InChI is InChI=1S/C9H7ClFNO5/c1-4(9(13)14)17-8-3-7(12(15)16)6(11)2-5(8)10/h2-4H,1H3,(H,13,14). The SMILES string of the molecule is CC(Oc1cc([N+](=O)[O-])c(F)cc1Cl)C(=O)O. The molecule has 6 nitrogen and oxygen atoms in total. The van der Waals surface area contributed by atoms with E-state index in [4.69, 9.17) is 21.4 Å². The van der Waals surface area contributed by atoms with Crippen molar-refractivity contribution in [2.45, 2.75) is 13.0 Å². The van der Waals surface area contributed by atoms with E-state index in [9.17, 15) is 19.3 Å². The molecule has 17 heavy (non-hydrogen) atoms. The number of carbonyl (C=O) groups is 1. The molecule has 0 fully saturated rings. The number of carboxylic acid groups (broad SMARTS) is 1. The van der Waals surface area contributed by atoms with Gasteiger partial charge in [-0.05, 0) is 6.92 Å². The lowest BCUT2D eigenvalue weighted by Gasteiger charge is -2.11. The molecule has 92 valence electrons. The molecule has 0 aliphatic rings. The highest BCUT2D eigenvalue weighted by Gasteiger charge is 2.21. The Morgan fingerprint density at radius 1 is 1.65 bits per heavy atom. The maximum absolute atomic E-state index is 13.1. The fourth-order valence-corrected chi connectivity index (χ4v) is 1.18. The van der Waals surface area contributed by atoms with Crippen molar-refractivity contribution in [3.63, 3.8) is 0 Å². The van der Waals surface area contributed by atoms with E-state index in [-0.39, 0.29) is 10.8 Å². The van der Waals surface area contributed by atoms with Crippen molar-refractivity contribution in [1.29, 1.82) is 0 Å². The molecular weight excluding hydrogens is 257 g/mol. The Bertz CT molecular complexity index is 479. The van der Waals surface area contributed by atoms with Gasteiger partial charge in [0, 0.05) is 6.07 Å². The Hall–Kier alpha value is -1.89. The topological polar surface area (TPSA) is 89.7 Å². The third-order valence-electron chi connectivity index (χ3n) is 1.85. The quantitative estimate of drug-likeness (QED) is 0.664. The van der Waals surface area contributed by atoms with Gasteiger partial charge in [0.25, 0.3) is 0 Å². The summed E-state index contributed by atoms with van der Waals surface area (Å²) in [5, 5.41) is 18.8. The molecule has 8 heteroatoms. The Kier molecular flexibility index (Phi) is 3.84. The zero-order valence-corrected chi connectivity index (χ0v) is 9.27. The number of aliphatic carboxylic acids is 1. The lowest BCUT2D eigenvalue weighted by molar-refractivity contribution is -0.387. The van der Waals surface area contributed by atoms with Crippen molar-refractivity contribution in [3.8, 4) is 5.75 Å². The molecule has 0 spiro atoms. The van der Waals surface area contributed by atoms with Crippen LogP contribution in [-0.4, -0.2) is 22.1 Å². The summed E-state index contributed by atoms with van der Waals surface area (Å²) in [5.41, 5.74) is -0.831. The minimum absolute atomic E-state index is 0.235. The third kappa shape index (κ3) is 3.04. The molecule has 0 aliphatic carbocycles. The monoisotopic (exact) mass is 263 g/mol. The third-order valence-corrected chi connectivity index (χ3v) is 2.14. The van der Waals surface area contributed by atoms with Crippen LogP contribution in [0.2, 0.25) is 5.02 Å². The molecule has 0 saturated carbocycles. The van der Waals surface area contributed by atoms with Crippen LogP contribution in [0.5, 0.6) is 5.75 Å². The van der Waals surface area contributed by atoms with Gasteiger partial charge in [-0.15, -0.1) is 0 Å². The summed E-state index contributed by atoms with van der Waals surface area (Å²) >= 11 is 5.57. The van der Waals surface area contributed by atoms with E-state index in [1.165, 1.54) is 6.92 Å². The summed E-state index contributed by atoms with van der Waals surface area (Å²) in [6.07, 6.45) is -1.25. The number of hydrogen-bond donors (Lipinski definition) is 1. The van der Waals surface area contributed by atoms with Crippen molar-refractivity contribution >= 4 is 23.3 Å². The van der Waals surface area contributed by atoms with Gasteiger partial charge in [0.2, 0.25) is 5.82 Å². The highest BCUT2D eigenvalue weighted by atomic mass is 35.5. The molecular formula is C9H7ClFNO5. The summed E-state index contributed by atoms with van der Waals surface area (Å²) in [5.74, 6) is -2.64. The highest BCUT2D eigenvalue weighted by molar-refractivity contribution is 6.32. The predicted octanol–water partition coefficient (Wildman–Crippen LogP) is 2.24. The van der Waals surface area contributed by atoms with Crippen LogP contribution in [0.3, 0.4) is 0 Å². The second kappa shape index (κ2) is 4.96. The number of benzene rings is 1. The van der Waals surface area contributed by atoms with Crippen LogP contribution in [-0.2, 0) is 4.79 Å². The fourth-order valence-electron chi connectivity index (χ4n) is 0.989. The van der Waals surface area contributed by atoms with E-state index >= 15 is 0 Å². The molecule has 0 aromatic heterocycles. The first-order valence-corrected chi connectivity index (χ1v) is 4.73. The number of ether oxygens (including phenoxy) is 1. The molecule has 0 heterocycles. The van der Waals surface area contributed by atoms with Gasteiger partial charge in [-0.25, -0.2) is 4.79 Å². The van der Waals surface area contributed by atoms with E-state index in [1.54, 1.807) is 0 Å². The molecule has 1 aromatic rings. The van der Waals surface area contributed by atoms with Crippen molar-refractivity contribution in [2.75, 3.05) is 0 Å². The van der Waals surface area contributed by atoms with Crippen LogP contribution in [0.1, 0.15) is 6.92 Å². The number of hydrogen-bond acceptors (Lipinski definition) is 4. The average Bonchev–Trinajstić information content (AvgIpc) is 2.21. The summed E-state index contributed by atoms with van der Waals surface area (Å²) in [6.45, 7) is 1.22. The van der Waals surface area contributed by atoms with Crippen LogP contribution in [0.25, 0.3) is 0 Å². The Labute approximate surface area is 99.7 Å². The normalized spacial score (nSPS) is 11.9. The molecule has 1 unspecified atom stereocenters. The van der Waals surface area contributed by atoms with Gasteiger partial charge in [0.1, 0.15) is 5.75 Å². The van der Waals surface area contributed by atoms with Gasteiger partial charge < -0.3 is 9.84 Å². The Balaban J connectivity index is 3.12. The van der Waals surface area contributed by atoms with Crippen molar-refractivity contribution in [2.24, 2.45) is 0 Å². The maximum atomic E-state index is 13.1. The number of rotatable bonds is 4. The molecule has 1 aromatic carbocycles. The van der Waals surface area contributed by atoms with Gasteiger partial charge >= 0.3 is 11.7 Å². The minimum atomic E-state index is -1.27. The summed E-state index contributed by atoms with van der Waals surface area (Å²) in [4.78, 5) is 20.0. The minimum Gasteiger partial charge on any atom is -0.479 e. The largest absolute Gasteiger partial charge is 0.479 e. The van der Waals surface area contributed by atoms with Crippen molar-refractivity contribution < 1.29 is 24.0 Å². The molecule has 0 saturated heterocycles. The van der Waals surface area contributed by atoms with Crippen molar-refractivity contribution in [3.05, 3.63) is 33.1 Å². The Morgan fingerprint density at radius 2 is 2.24 bits per heavy atom. The first-order chi connectivity index (χ1) is 7.82. The van der Waals surface area contributed by atoms with Gasteiger partial charge in [-0.1, -0.05) is 11.6 Å². The molecule has 0 radical (unpaired) electrons. The summed E-state index contributed by atoms with van der Waals surface area (Å²) < 4.78 is 17.9. The summed E-state index contributed by atoms with van der Waals surface area (Å²) in [7, 11) is 0. The molecule has 1 rings (SSSR count). The fraction of sp³-hybridized carbons (Fsp3) is 0.222. The predicted molar refractivity (Wildman–Crippen MR) is 55.8 cm³/mol. The van der Waals surface area contributed by atoms with E-state index in [0.29, 0.717) is 6.07 Å². The number of nitro groups is 1. The maximum Gasteiger partial charge on any atom is 0.344 e. The van der Waals surface area contributed by atoms with Crippen LogP contribution >= 0.6 is 11.6 Å². The highest BCUT2D eigenvalue weighted by Crippen LogP contribution is 2.32. The molecule has 0 aliphatic heterocycles. The zero-order valence-electron chi connectivity index (χ0n) is 8.52. The summed E-state index contributed by atoms with van der Waals surface area (Å²) in [6, 6.07) is 1.45. The van der Waals surface area contributed by atoms with Gasteiger partial charge in [0.05, 0.1) is 16.0 Å². The first-order valence-electron chi connectivity index (χ1n) is 4.36. The average molecular weight is 264 g/mol. The lowest BCUT2D eigenvalue weighted by Crippen LogP contribution is -2.23. The number of carboxylic acids is 1. The molecule has 0 bridgehead atoms. The van der Waals surface area contributed by atoms with Gasteiger partial charge in [0.15, 0.2) is 6.10 Å². The Morgan fingerprint density at radius 3 is 2.71 bits per heavy atom. The second-order valence-electron chi connectivity index (χ2n) is 3.09.